The van der Waals surface area contributed by atoms with Gasteiger partial charge in [-0.05, 0) is 33.6 Å². The lowest BCUT2D eigenvalue weighted by molar-refractivity contribution is -0.0553. The lowest BCUT2D eigenvalue weighted by Gasteiger charge is -2.36. The van der Waals surface area contributed by atoms with Gasteiger partial charge in [0.05, 0.1) is 5.60 Å². The summed E-state index contributed by atoms with van der Waals surface area (Å²) in [6, 6.07) is 2.25. The van der Waals surface area contributed by atoms with E-state index in [2.05, 4.69) is 34.4 Å². The SMILES string of the molecule is CCNc1cc(NC2CCOC(C)(C)C2)nc(N)n1. The standard InChI is InChI=1S/C13H23N5O/c1-4-15-10-7-11(18-12(14)17-10)16-9-5-6-19-13(2,3)8-9/h7,9H,4-6,8H2,1-3H3,(H4,14,15,16,17,18). The van der Waals surface area contributed by atoms with Crippen LogP contribution in [0.3, 0.4) is 0 Å². The fourth-order valence-electron chi connectivity index (χ4n) is 2.38. The van der Waals surface area contributed by atoms with Crippen molar-refractivity contribution in [3.63, 3.8) is 0 Å². The van der Waals surface area contributed by atoms with Crippen molar-refractivity contribution in [3.8, 4) is 0 Å². The second-order valence-electron chi connectivity index (χ2n) is 5.47. The number of anilines is 3. The Labute approximate surface area is 114 Å². The van der Waals surface area contributed by atoms with Crippen LogP contribution in [0.1, 0.15) is 33.6 Å². The fraction of sp³-hybridized carbons (Fsp3) is 0.692. The van der Waals surface area contributed by atoms with Crippen LogP contribution < -0.4 is 16.4 Å². The zero-order valence-electron chi connectivity index (χ0n) is 11.9. The van der Waals surface area contributed by atoms with Crippen molar-refractivity contribution in [2.75, 3.05) is 29.5 Å². The van der Waals surface area contributed by atoms with Gasteiger partial charge in [-0.2, -0.15) is 9.97 Å². The van der Waals surface area contributed by atoms with E-state index in [0.29, 0.717) is 6.04 Å². The number of ether oxygens (including phenoxy) is 1. The predicted octanol–water partition coefficient (Wildman–Crippen LogP) is 1.86. The third-order valence-corrected chi connectivity index (χ3v) is 3.15. The van der Waals surface area contributed by atoms with Crippen LogP contribution in [0.2, 0.25) is 0 Å². The van der Waals surface area contributed by atoms with Crippen LogP contribution in [-0.4, -0.2) is 34.8 Å². The molecule has 1 unspecified atom stereocenters. The molecule has 0 spiro atoms. The molecule has 0 saturated carbocycles. The van der Waals surface area contributed by atoms with Crippen molar-refractivity contribution in [2.45, 2.75) is 45.3 Å². The number of hydrogen-bond donors (Lipinski definition) is 3. The molecule has 1 aliphatic heterocycles. The van der Waals surface area contributed by atoms with Gasteiger partial charge >= 0.3 is 0 Å². The summed E-state index contributed by atoms with van der Waals surface area (Å²) in [5.41, 5.74) is 5.64. The second kappa shape index (κ2) is 5.61. The first kappa shape index (κ1) is 13.9. The molecule has 6 heteroatoms. The zero-order valence-corrected chi connectivity index (χ0v) is 11.9. The molecular formula is C13H23N5O. The Morgan fingerprint density at radius 2 is 2.16 bits per heavy atom. The molecule has 1 fully saturated rings. The average Bonchev–Trinajstić information content (AvgIpc) is 2.26. The topological polar surface area (TPSA) is 85.1 Å². The summed E-state index contributed by atoms with van der Waals surface area (Å²) in [6.07, 6.45) is 1.93. The van der Waals surface area contributed by atoms with Gasteiger partial charge in [-0.15, -0.1) is 0 Å². The highest BCUT2D eigenvalue weighted by Gasteiger charge is 2.28. The minimum Gasteiger partial charge on any atom is -0.375 e. The van der Waals surface area contributed by atoms with E-state index >= 15 is 0 Å². The first-order valence-electron chi connectivity index (χ1n) is 6.77. The van der Waals surface area contributed by atoms with E-state index in [1.54, 1.807) is 0 Å². The molecule has 1 atom stereocenters. The summed E-state index contributed by atoms with van der Waals surface area (Å²) in [4.78, 5) is 8.37. The Morgan fingerprint density at radius 1 is 1.42 bits per heavy atom. The van der Waals surface area contributed by atoms with Crippen molar-refractivity contribution < 1.29 is 4.74 Å². The van der Waals surface area contributed by atoms with Crippen LogP contribution in [-0.2, 0) is 4.74 Å². The monoisotopic (exact) mass is 265 g/mol. The minimum atomic E-state index is -0.0843. The molecular weight excluding hydrogens is 242 g/mol. The predicted molar refractivity (Wildman–Crippen MR) is 77.3 cm³/mol. The normalized spacial score (nSPS) is 21.9. The first-order chi connectivity index (χ1) is 8.98. The molecule has 0 radical (unpaired) electrons. The van der Waals surface area contributed by atoms with E-state index in [9.17, 15) is 0 Å². The van der Waals surface area contributed by atoms with Gasteiger partial charge in [-0.1, -0.05) is 0 Å². The first-order valence-corrected chi connectivity index (χ1v) is 6.77. The highest BCUT2D eigenvalue weighted by molar-refractivity contribution is 5.51. The molecule has 1 saturated heterocycles. The van der Waals surface area contributed by atoms with Crippen molar-refractivity contribution in [2.24, 2.45) is 0 Å². The summed E-state index contributed by atoms with van der Waals surface area (Å²) in [5, 5.41) is 6.57. The van der Waals surface area contributed by atoms with Crippen LogP contribution in [0.15, 0.2) is 6.07 Å². The Balaban J connectivity index is 2.06. The van der Waals surface area contributed by atoms with Crippen molar-refractivity contribution in [1.29, 1.82) is 0 Å². The van der Waals surface area contributed by atoms with E-state index in [0.717, 1.165) is 37.6 Å². The molecule has 0 aromatic carbocycles. The highest BCUT2D eigenvalue weighted by atomic mass is 16.5. The number of hydrogen-bond acceptors (Lipinski definition) is 6. The van der Waals surface area contributed by atoms with E-state index in [4.69, 9.17) is 10.5 Å². The molecule has 4 N–H and O–H groups in total. The van der Waals surface area contributed by atoms with Gasteiger partial charge in [-0.25, -0.2) is 0 Å². The molecule has 6 nitrogen and oxygen atoms in total. The highest BCUT2D eigenvalue weighted by Crippen LogP contribution is 2.26. The Bertz CT molecular complexity index is 435. The molecule has 1 aromatic heterocycles. The number of rotatable bonds is 4. The molecule has 1 aliphatic rings. The maximum atomic E-state index is 5.72. The van der Waals surface area contributed by atoms with Crippen molar-refractivity contribution in [1.82, 2.24) is 9.97 Å². The molecule has 1 aromatic rings. The third kappa shape index (κ3) is 3.96. The lowest BCUT2D eigenvalue weighted by Crippen LogP contribution is -2.40. The van der Waals surface area contributed by atoms with Crippen LogP contribution in [0.5, 0.6) is 0 Å². The molecule has 0 aliphatic carbocycles. The van der Waals surface area contributed by atoms with E-state index in [1.807, 2.05) is 13.0 Å². The smallest absolute Gasteiger partial charge is 0.223 e. The number of nitrogens with one attached hydrogen (secondary N) is 2. The number of nitrogen functional groups attached to an aromatic ring is 1. The summed E-state index contributed by atoms with van der Waals surface area (Å²) < 4.78 is 5.71. The quantitative estimate of drug-likeness (QED) is 0.770. The maximum absolute atomic E-state index is 5.72. The van der Waals surface area contributed by atoms with Gasteiger partial charge in [0, 0.05) is 25.3 Å². The van der Waals surface area contributed by atoms with Crippen LogP contribution in [0, 0.1) is 0 Å². The summed E-state index contributed by atoms with van der Waals surface area (Å²) in [6.45, 7) is 7.82. The van der Waals surface area contributed by atoms with Gasteiger partial charge in [-0.3, -0.25) is 0 Å². The molecule has 106 valence electrons. The van der Waals surface area contributed by atoms with Gasteiger partial charge in [0.1, 0.15) is 11.6 Å². The lowest BCUT2D eigenvalue weighted by atomic mass is 9.94. The van der Waals surface area contributed by atoms with E-state index in [1.165, 1.54) is 0 Å². The number of nitrogens with two attached hydrogens (primary N) is 1. The molecule has 19 heavy (non-hydrogen) atoms. The van der Waals surface area contributed by atoms with E-state index < -0.39 is 0 Å². The number of nitrogens with zero attached hydrogens (tertiary/aromatic N) is 2. The average molecular weight is 265 g/mol. The fourth-order valence-corrected chi connectivity index (χ4v) is 2.38. The largest absolute Gasteiger partial charge is 0.375 e. The Morgan fingerprint density at radius 3 is 2.84 bits per heavy atom. The summed E-state index contributed by atoms with van der Waals surface area (Å²) in [5.74, 6) is 1.81. The summed E-state index contributed by atoms with van der Waals surface area (Å²) in [7, 11) is 0. The molecule has 0 bridgehead atoms. The second-order valence-corrected chi connectivity index (χ2v) is 5.47. The van der Waals surface area contributed by atoms with Crippen LogP contribution in [0.25, 0.3) is 0 Å². The van der Waals surface area contributed by atoms with Gasteiger partial charge in [0.2, 0.25) is 5.95 Å². The molecule has 0 amide bonds. The summed E-state index contributed by atoms with van der Waals surface area (Å²) >= 11 is 0. The van der Waals surface area contributed by atoms with Crippen LogP contribution >= 0.6 is 0 Å². The van der Waals surface area contributed by atoms with Gasteiger partial charge in [0.15, 0.2) is 0 Å². The van der Waals surface area contributed by atoms with Gasteiger partial charge in [0.25, 0.3) is 0 Å². The Hall–Kier alpha value is -1.56. The van der Waals surface area contributed by atoms with Crippen molar-refractivity contribution >= 4 is 17.6 Å². The van der Waals surface area contributed by atoms with Gasteiger partial charge < -0.3 is 21.1 Å². The number of aromatic nitrogens is 2. The third-order valence-electron chi connectivity index (χ3n) is 3.15. The minimum absolute atomic E-state index is 0.0843. The Kier molecular flexibility index (Phi) is 4.09. The zero-order chi connectivity index (χ0) is 13.9. The van der Waals surface area contributed by atoms with Crippen molar-refractivity contribution in [3.05, 3.63) is 6.07 Å². The maximum Gasteiger partial charge on any atom is 0.223 e. The molecule has 2 heterocycles. The van der Waals surface area contributed by atoms with E-state index in [-0.39, 0.29) is 11.5 Å². The van der Waals surface area contributed by atoms with Crippen LogP contribution in [0.4, 0.5) is 17.6 Å². The molecule has 2 rings (SSSR count).